The summed E-state index contributed by atoms with van der Waals surface area (Å²) in [6, 6.07) is 8.11. The van der Waals surface area contributed by atoms with Gasteiger partial charge in [0.05, 0.1) is 4.91 Å². The van der Waals surface area contributed by atoms with Crippen LogP contribution in [0.15, 0.2) is 29.2 Å². The lowest BCUT2D eigenvalue weighted by atomic mass is 9.97. The van der Waals surface area contributed by atoms with E-state index in [0.29, 0.717) is 15.1 Å². The molecule has 0 bridgehead atoms. The third kappa shape index (κ3) is 2.76. The Morgan fingerprint density at radius 1 is 1.35 bits per heavy atom. The number of hydrogen-bond donors (Lipinski definition) is 1. The van der Waals surface area contributed by atoms with Crippen molar-refractivity contribution in [2.45, 2.75) is 19.8 Å². The van der Waals surface area contributed by atoms with Crippen LogP contribution in [-0.4, -0.2) is 10.2 Å². The van der Waals surface area contributed by atoms with E-state index in [9.17, 15) is 4.79 Å². The zero-order valence-electron chi connectivity index (χ0n) is 9.69. The first kappa shape index (κ1) is 12.3. The summed E-state index contributed by atoms with van der Waals surface area (Å²) in [7, 11) is 0. The van der Waals surface area contributed by atoms with Gasteiger partial charge < -0.3 is 5.32 Å². The summed E-state index contributed by atoms with van der Waals surface area (Å²) < 4.78 is 0.531. The van der Waals surface area contributed by atoms with Crippen molar-refractivity contribution in [3.63, 3.8) is 0 Å². The highest BCUT2D eigenvalue weighted by Gasteiger charge is 2.22. The van der Waals surface area contributed by atoms with Gasteiger partial charge in [0, 0.05) is 0 Å². The van der Waals surface area contributed by atoms with Gasteiger partial charge in [-0.05, 0) is 23.1 Å². The molecule has 1 saturated heterocycles. The molecule has 0 atom stereocenters. The number of thioether (sulfide) groups is 1. The maximum absolute atomic E-state index is 11.6. The highest BCUT2D eigenvalue weighted by molar-refractivity contribution is 8.26. The van der Waals surface area contributed by atoms with E-state index < -0.39 is 0 Å². The normalized spacial score (nSPS) is 17.9. The summed E-state index contributed by atoms with van der Waals surface area (Å²) in [6.07, 6.45) is 1.91. The molecule has 1 N–H and O–H groups in total. The third-order valence-electron chi connectivity index (χ3n) is 2.55. The van der Waals surface area contributed by atoms with Crippen LogP contribution in [0.4, 0.5) is 0 Å². The molecule has 0 radical (unpaired) electrons. The predicted molar refractivity (Wildman–Crippen MR) is 76.8 cm³/mol. The van der Waals surface area contributed by atoms with Gasteiger partial charge in [0.2, 0.25) is 0 Å². The summed E-state index contributed by atoms with van der Waals surface area (Å²) in [4.78, 5) is 12.3. The molecular weight excluding hydrogens is 250 g/mol. The number of nitrogens with one attached hydrogen (secondary N) is 1. The molecule has 2 rings (SSSR count). The minimum Gasteiger partial charge on any atom is -0.307 e. The second-order valence-electron chi connectivity index (χ2n) is 4.14. The Kier molecular flexibility index (Phi) is 3.64. The van der Waals surface area contributed by atoms with Crippen molar-refractivity contribution in [2.24, 2.45) is 0 Å². The number of carbonyl (C=O) groups excluding carboxylic acids is 1. The fraction of sp³-hybridized carbons (Fsp3) is 0.231. The summed E-state index contributed by atoms with van der Waals surface area (Å²) in [6.45, 7) is 4.29. The lowest BCUT2D eigenvalue weighted by Gasteiger charge is -2.09. The molecule has 2 nitrogen and oxygen atoms in total. The second kappa shape index (κ2) is 5.02. The molecule has 0 aromatic heterocycles. The molecular formula is C13H13NOS2. The molecule has 1 amide bonds. The Balaban J connectivity index is 2.39. The molecule has 0 aliphatic carbocycles. The maximum atomic E-state index is 11.6. The van der Waals surface area contributed by atoms with E-state index in [1.54, 1.807) is 0 Å². The van der Waals surface area contributed by atoms with Gasteiger partial charge in [-0.15, -0.1) is 0 Å². The van der Waals surface area contributed by atoms with E-state index in [0.717, 1.165) is 5.56 Å². The molecule has 17 heavy (non-hydrogen) atoms. The molecule has 0 spiro atoms. The van der Waals surface area contributed by atoms with E-state index in [4.69, 9.17) is 12.2 Å². The molecule has 1 aromatic rings. The predicted octanol–water partition coefficient (Wildman–Crippen LogP) is 3.30. The quantitative estimate of drug-likeness (QED) is 0.655. The van der Waals surface area contributed by atoms with E-state index >= 15 is 0 Å². The Bertz CT molecular complexity index is 506. The summed E-state index contributed by atoms with van der Waals surface area (Å²) in [5, 5.41) is 2.62. The van der Waals surface area contributed by atoms with E-state index in [2.05, 4.69) is 25.2 Å². The van der Waals surface area contributed by atoms with Crippen molar-refractivity contribution in [1.82, 2.24) is 5.32 Å². The monoisotopic (exact) mass is 263 g/mol. The first-order valence-electron chi connectivity index (χ1n) is 5.41. The smallest absolute Gasteiger partial charge is 0.263 e. The molecule has 0 unspecified atom stereocenters. The van der Waals surface area contributed by atoms with Crippen molar-refractivity contribution in [1.29, 1.82) is 0 Å². The van der Waals surface area contributed by atoms with Gasteiger partial charge in [0.25, 0.3) is 5.91 Å². The van der Waals surface area contributed by atoms with Crippen molar-refractivity contribution >= 4 is 40.3 Å². The Labute approximate surface area is 110 Å². The first-order chi connectivity index (χ1) is 8.08. The molecule has 1 aromatic carbocycles. The van der Waals surface area contributed by atoms with Crippen LogP contribution >= 0.6 is 24.0 Å². The van der Waals surface area contributed by atoms with E-state index in [1.807, 2.05) is 24.3 Å². The average Bonchev–Trinajstić information content (AvgIpc) is 2.58. The van der Waals surface area contributed by atoms with Gasteiger partial charge in [0.1, 0.15) is 4.32 Å². The van der Waals surface area contributed by atoms with Crippen LogP contribution in [0.3, 0.4) is 0 Å². The van der Waals surface area contributed by atoms with Gasteiger partial charge >= 0.3 is 0 Å². The minimum absolute atomic E-state index is 0.0986. The minimum atomic E-state index is -0.0986. The summed E-state index contributed by atoms with van der Waals surface area (Å²) in [5.74, 6) is 0.336. The van der Waals surface area contributed by atoms with Crippen molar-refractivity contribution in [3.05, 3.63) is 40.3 Å². The number of thiocarbonyl (C=S) groups is 1. The van der Waals surface area contributed by atoms with Crippen LogP contribution in [0.5, 0.6) is 0 Å². The largest absolute Gasteiger partial charge is 0.307 e. The standard InChI is InChI=1S/C13H13NOS2/c1-8(2)10-6-4-3-5-9(10)7-11-12(15)14-13(16)17-11/h3-8H,1-2H3,(H,14,15,16). The average molecular weight is 263 g/mol. The molecule has 1 heterocycles. The van der Waals surface area contributed by atoms with Crippen LogP contribution < -0.4 is 5.32 Å². The molecule has 1 fully saturated rings. The number of benzene rings is 1. The van der Waals surface area contributed by atoms with Crippen LogP contribution in [0.2, 0.25) is 0 Å². The summed E-state index contributed by atoms with van der Waals surface area (Å²) >= 11 is 6.28. The van der Waals surface area contributed by atoms with E-state index in [1.165, 1.54) is 17.3 Å². The number of hydrogen-bond acceptors (Lipinski definition) is 3. The lowest BCUT2D eigenvalue weighted by Crippen LogP contribution is -2.17. The van der Waals surface area contributed by atoms with Gasteiger partial charge in [-0.1, -0.05) is 62.1 Å². The van der Waals surface area contributed by atoms with Crippen LogP contribution in [0.1, 0.15) is 30.9 Å². The highest BCUT2D eigenvalue weighted by Crippen LogP contribution is 2.28. The zero-order valence-corrected chi connectivity index (χ0v) is 11.3. The summed E-state index contributed by atoms with van der Waals surface area (Å²) in [5.41, 5.74) is 2.33. The van der Waals surface area contributed by atoms with Gasteiger partial charge in [0.15, 0.2) is 0 Å². The molecule has 1 aliphatic rings. The van der Waals surface area contributed by atoms with Crippen molar-refractivity contribution < 1.29 is 4.79 Å². The molecule has 1 aliphatic heterocycles. The topological polar surface area (TPSA) is 29.1 Å². The van der Waals surface area contributed by atoms with Crippen LogP contribution in [0, 0.1) is 0 Å². The zero-order chi connectivity index (χ0) is 12.4. The third-order valence-corrected chi connectivity index (χ3v) is 3.71. The fourth-order valence-electron chi connectivity index (χ4n) is 1.73. The lowest BCUT2D eigenvalue weighted by molar-refractivity contribution is -0.115. The molecule has 0 saturated carbocycles. The molecule has 4 heteroatoms. The second-order valence-corrected chi connectivity index (χ2v) is 5.85. The van der Waals surface area contributed by atoms with Crippen molar-refractivity contribution in [2.75, 3.05) is 0 Å². The highest BCUT2D eigenvalue weighted by atomic mass is 32.2. The number of carbonyl (C=O) groups is 1. The van der Waals surface area contributed by atoms with Crippen LogP contribution in [0.25, 0.3) is 6.08 Å². The number of rotatable bonds is 2. The van der Waals surface area contributed by atoms with E-state index in [-0.39, 0.29) is 5.91 Å². The SMILES string of the molecule is CC(C)c1ccccc1C=C1SC(=S)NC1=O. The van der Waals surface area contributed by atoms with Gasteiger partial charge in [-0.3, -0.25) is 4.79 Å². The Morgan fingerprint density at radius 2 is 2.06 bits per heavy atom. The van der Waals surface area contributed by atoms with Crippen LogP contribution in [-0.2, 0) is 4.79 Å². The first-order valence-corrected chi connectivity index (χ1v) is 6.64. The van der Waals surface area contributed by atoms with Gasteiger partial charge in [-0.25, -0.2) is 0 Å². The fourth-order valence-corrected chi connectivity index (χ4v) is 2.77. The molecule has 88 valence electrons. The Hall–Kier alpha value is -1.13. The van der Waals surface area contributed by atoms with Crippen molar-refractivity contribution in [3.8, 4) is 0 Å². The number of amides is 1. The Morgan fingerprint density at radius 3 is 2.65 bits per heavy atom. The van der Waals surface area contributed by atoms with Gasteiger partial charge in [-0.2, -0.15) is 0 Å². The maximum Gasteiger partial charge on any atom is 0.263 e.